The van der Waals surface area contributed by atoms with Gasteiger partial charge in [-0.05, 0) is 31.6 Å². The van der Waals surface area contributed by atoms with Gasteiger partial charge in [0, 0.05) is 25.0 Å². The summed E-state index contributed by atoms with van der Waals surface area (Å²) in [6, 6.07) is -0.727. The second kappa shape index (κ2) is 8.46. The van der Waals surface area contributed by atoms with Crippen molar-refractivity contribution in [1.29, 1.82) is 0 Å². The van der Waals surface area contributed by atoms with E-state index in [2.05, 4.69) is 31.4 Å². The van der Waals surface area contributed by atoms with E-state index in [4.69, 9.17) is 0 Å². The highest BCUT2D eigenvalue weighted by Gasteiger charge is 2.56. The quantitative estimate of drug-likeness (QED) is 0.578. The maximum atomic E-state index is 13.3. The predicted molar refractivity (Wildman–Crippen MR) is 112 cm³/mol. The molecule has 5 atom stereocenters. The zero-order chi connectivity index (χ0) is 22.1. The van der Waals surface area contributed by atoms with Crippen LogP contribution < -0.4 is 10.6 Å². The summed E-state index contributed by atoms with van der Waals surface area (Å²) in [5, 5.41) is 15.3. The van der Waals surface area contributed by atoms with E-state index in [9.17, 15) is 19.5 Å². The fraction of sp³-hybridized carbons (Fsp3) is 0.773. The average molecular weight is 408 g/mol. The number of nitrogens with zero attached hydrogens (tertiary/aromatic N) is 1. The Hall–Kier alpha value is -1.89. The SMILES string of the molecule is CNC(=O)[C@H]1[C@H]2C(=O)N(CCO)[C@H](C(=O)NC(C)(C)CC(C)(C)C)[C@H]2C=C[C@H]1C. The van der Waals surface area contributed by atoms with E-state index in [1.807, 2.05) is 32.9 Å². The maximum Gasteiger partial charge on any atom is 0.243 e. The first-order valence-corrected chi connectivity index (χ1v) is 10.5. The molecule has 164 valence electrons. The summed E-state index contributed by atoms with van der Waals surface area (Å²) < 4.78 is 0. The van der Waals surface area contributed by atoms with E-state index in [1.165, 1.54) is 4.90 Å². The smallest absolute Gasteiger partial charge is 0.243 e. The Morgan fingerprint density at radius 2 is 1.76 bits per heavy atom. The van der Waals surface area contributed by atoms with Gasteiger partial charge in [-0.1, -0.05) is 39.8 Å². The topological polar surface area (TPSA) is 98.7 Å². The van der Waals surface area contributed by atoms with Gasteiger partial charge in [0.25, 0.3) is 0 Å². The molecule has 7 nitrogen and oxygen atoms in total. The number of nitrogens with one attached hydrogen (secondary N) is 2. The molecule has 1 fully saturated rings. The van der Waals surface area contributed by atoms with Gasteiger partial charge >= 0.3 is 0 Å². The highest BCUT2D eigenvalue weighted by Crippen LogP contribution is 2.44. The number of amides is 3. The van der Waals surface area contributed by atoms with Gasteiger partial charge in [-0.2, -0.15) is 0 Å². The fourth-order valence-corrected chi connectivity index (χ4v) is 5.28. The molecular formula is C22H37N3O4. The highest BCUT2D eigenvalue weighted by molar-refractivity contribution is 5.96. The molecule has 3 amide bonds. The lowest BCUT2D eigenvalue weighted by Crippen LogP contribution is -2.54. The average Bonchev–Trinajstić information content (AvgIpc) is 2.84. The van der Waals surface area contributed by atoms with Crippen LogP contribution in [0, 0.1) is 29.1 Å². The van der Waals surface area contributed by atoms with Crippen LogP contribution in [0.3, 0.4) is 0 Å². The van der Waals surface area contributed by atoms with Gasteiger partial charge < -0.3 is 20.6 Å². The van der Waals surface area contributed by atoms with Crippen LogP contribution in [-0.2, 0) is 14.4 Å². The van der Waals surface area contributed by atoms with Crippen molar-refractivity contribution in [3.63, 3.8) is 0 Å². The number of hydrogen-bond donors (Lipinski definition) is 3. The van der Waals surface area contributed by atoms with Crippen LogP contribution in [0.4, 0.5) is 0 Å². The fourth-order valence-electron chi connectivity index (χ4n) is 5.28. The number of aliphatic hydroxyl groups excluding tert-OH is 1. The molecule has 0 unspecified atom stereocenters. The molecule has 0 saturated carbocycles. The Morgan fingerprint density at radius 1 is 1.14 bits per heavy atom. The van der Waals surface area contributed by atoms with Crippen LogP contribution in [0.25, 0.3) is 0 Å². The Bertz CT molecular complexity index is 680. The molecular weight excluding hydrogens is 370 g/mol. The minimum atomic E-state index is -0.727. The monoisotopic (exact) mass is 407 g/mol. The molecule has 1 heterocycles. The largest absolute Gasteiger partial charge is 0.395 e. The van der Waals surface area contributed by atoms with Crippen molar-refractivity contribution in [2.45, 2.75) is 59.5 Å². The summed E-state index contributed by atoms with van der Waals surface area (Å²) in [7, 11) is 1.56. The van der Waals surface area contributed by atoms with Crippen LogP contribution >= 0.6 is 0 Å². The zero-order valence-electron chi connectivity index (χ0n) is 18.8. The lowest BCUT2D eigenvalue weighted by molar-refractivity contribution is -0.141. The first-order chi connectivity index (χ1) is 13.3. The minimum Gasteiger partial charge on any atom is -0.395 e. The minimum absolute atomic E-state index is 0.0279. The number of allylic oxidation sites excluding steroid dienone is 1. The lowest BCUT2D eigenvalue weighted by Gasteiger charge is -2.36. The lowest BCUT2D eigenvalue weighted by atomic mass is 9.70. The van der Waals surface area contributed by atoms with Crippen LogP contribution in [0.5, 0.6) is 0 Å². The molecule has 3 N–H and O–H groups in total. The number of carbonyl (C=O) groups excluding carboxylic acids is 3. The third kappa shape index (κ3) is 5.00. The molecule has 1 aliphatic heterocycles. The molecule has 0 spiro atoms. The summed E-state index contributed by atoms with van der Waals surface area (Å²) >= 11 is 0. The highest BCUT2D eigenvalue weighted by atomic mass is 16.3. The number of carbonyl (C=O) groups is 3. The molecule has 7 heteroatoms. The number of β-amino-alcohol motifs (C(OH)–C–C–N with tert-alkyl or cyclic N) is 1. The van der Waals surface area contributed by atoms with Gasteiger partial charge in [0.1, 0.15) is 6.04 Å². The molecule has 1 saturated heterocycles. The molecule has 0 aromatic rings. The molecule has 29 heavy (non-hydrogen) atoms. The van der Waals surface area contributed by atoms with E-state index in [1.54, 1.807) is 7.05 Å². The third-order valence-electron chi connectivity index (χ3n) is 5.87. The standard InChI is InChI=1S/C22H37N3O4/c1-13-8-9-14-16(15(13)18(27)23-7)20(29)25(10-11-26)17(14)19(28)24-22(5,6)12-21(2,3)4/h8-9,13-17,26H,10-12H2,1-7H3,(H,23,27)(H,24,28)/t13-,14+,15-,16+,17+/m1/s1. The summed E-state index contributed by atoms with van der Waals surface area (Å²) in [4.78, 5) is 40.6. The van der Waals surface area contributed by atoms with Gasteiger partial charge in [0.05, 0.1) is 18.4 Å². The van der Waals surface area contributed by atoms with Crippen molar-refractivity contribution in [3.05, 3.63) is 12.2 Å². The predicted octanol–water partition coefficient (Wildman–Crippen LogP) is 1.32. The van der Waals surface area contributed by atoms with E-state index in [-0.39, 0.29) is 42.2 Å². The molecule has 0 aromatic heterocycles. The Morgan fingerprint density at radius 3 is 2.28 bits per heavy atom. The Labute approximate surface area is 174 Å². The van der Waals surface area contributed by atoms with Crippen LogP contribution in [0.2, 0.25) is 0 Å². The van der Waals surface area contributed by atoms with Gasteiger partial charge in [-0.25, -0.2) is 0 Å². The molecule has 1 aliphatic carbocycles. The van der Waals surface area contributed by atoms with E-state index >= 15 is 0 Å². The molecule has 0 radical (unpaired) electrons. The van der Waals surface area contributed by atoms with Gasteiger partial charge in [-0.3, -0.25) is 14.4 Å². The van der Waals surface area contributed by atoms with Gasteiger partial charge in [-0.15, -0.1) is 0 Å². The molecule has 2 rings (SSSR count). The number of hydrogen-bond acceptors (Lipinski definition) is 4. The summed E-state index contributed by atoms with van der Waals surface area (Å²) in [5.41, 5.74) is -0.423. The van der Waals surface area contributed by atoms with Crippen molar-refractivity contribution in [2.75, 3.05) is 20.2 Å². The summed E-state index contributed by atoms with van der Waals surface area (Å²) in [6.45, 7) is 12.1. The summed E-state index contributed by atoms with van der Waals surface area (Å²) in [5.74, 6) is -2.27. The number of rotatable bonds is 6. The van der Waals surface area contributed by atoms with Crippen LogP contribution in [0.15, 0.2) is 12.2 Å². The number of likely N-dealkylation sites (tertiary alicyclic amines) is 1. The van der Waals surface area contributed by atoms with Crippen molar-refractivity contribution in [3.8, 4) is 0 Å². The van der Waals surface area contributed by atoms with E-state index < -0.39 is 29.3 Å². The Balaban J connectivity index is 2.36. The Kier molecular flexibility index (Phi) is 6.82. The molecule has 0 aromatic carbocycles. The first kappa shape index (κ1) is 23.4. The second-order valence-electron chi connectivity index (χ2n) is 10.3. The molecule has 0 bridgehead atoms. The number of fused-ring (bicyclic) bond motifs is 1. The van der Waals surface area contributed by atoms with Crippen molar-refractivity contribution >= 4 is 17.7 Å². The van der Waals surface area contributed by atoms with Gasteiger partial charge in [0.15, 0.2) is 0 Å². The normalized spacial score (nSPS) is 29.6. The van der Waals surface area contributed by atoms with Crippen molar-refractivity contribution < 1.29 is 19.5 Å². The van der Waals surface area contributed by atoms with Crippen molar-refractivity contribution in [2.24, 2.45) is 29.1 Å². The van der Waals surface area contributed by atoms with Crippen molar-refractivity contribution in [1.82, 2.24) is 15.5 Å². The van der Waals surface area contributed by atoms with E-state index in [0.29, 0.717) is 0 Å². The maximum absolute atomic E-state index is 13.3. The van der Waals surface area contributed by atoms with Crippen LogP contribution in [0.1, 0.15) is 48.0 Å². The molecule has 2 aliphatic rings. The van der Waals surface area contributed by atoms with Gasteiger partial charge in [0.2, 0.25) is 17.7 Å². The summed E-state index contributed by atoms with van der Waals surface area (Å²) in [6.07, 6.45) is 4.61. The third-order valence-corrected chi connectivity index (χ3v) is 5.87. The van der Waals surface area contributed by atoms with E-state index in [0.717, 1.165) is 6.42 Å². The van der Waals surface area contributed by atoms with Crippen LogP contribution in [-0.4, -0.2) is 59.5 Å². The number of aliphatic hydroxyl groups is 1. The first-order valence-electron chi connectivity index (χ1n) is 10.5. The second-order valence-corrected chi connectivity index (χ2v) is 10.3. The zero-order valence-corrected chi connectivity index (χ0v) is 18.8.